The first-order valence-electron chi connectivity index (χ1n) is 11.5. The minimum Gasteiger partial charge on any atom is -0.490 e. The Kier molecular flexibility index (Phi) is 6.58. The highest BCUT2D eigenvalue weighted by Crippen LogP contribution is 2.36. The predicted octanol–water partition coefficient (Wildman–Crippen LogP) is 5.85. The van der Waals surface area contributed by atoms with Gasteiger partial charge in [-0.2, -0.15) is 0 Å². The van der Waals surface area contributed by atoms with Gasteiger partial charge in [0.15, 0.2) is 17.3 Å². The number of benzene rings is 2. The Labute approximate surface area is 207 Å². The summed E-state index contributed by atoms with van der Waals surface area (Å²) in [6.07, 6.45) is 5.39. The fourth-order valence-corrected chi connectivity index (χ4v) is 4.44. The third-order valence-corrected chi connectivity index (χ3v) is 6.10. The summed E-state index contributed by atoms with van der Waals surface area (Å²) in [4.78, 5) is 18.4. The van der Waals surface area contributed by atoms with E-state index in [0.29, 0.717) is 42.9 Å². The Morgan fingerprint density at radius 2 is 1.83 bits per heavy atom. The van der Waals surface area contributed by atoms with Crippen molar-refractivity contribution in [2.75, 3.05) is 18.5 Å². The van der Waals surface area contributed by atoms with Crippen molar-refractivity contribution in [3.05, 3.63) is 71.3 Å². The van der Waals surface area contributed by atoms with E-state index in [1.165, 1.54) is 0 Å². The van der Waals surface area contributed by atoms with Crippen LogP contribution in [0.1, 0.15) is 24.7 Å². The maximum absolute atomic E-state index is 5.87. The van der Waals surface area contributed by atoms with Crippen molar-refractivity contribution in [2.45, 2.75) is 27.3 Å². The lowest BCUT2D eigenvalue weighted by Gasteiger charge is -2.16. The van der Waals surface area contributed by atoms with Crippen molar-refractivity contribution >= 4 is 33.7 Å². The molecular weight excluding hydrogens is 460 g/mol. The van der Waals surface area contributed by atoms with E-state index in [1.807, 2.05) is 55.8 Å². The molecule has 178 valence electrons. The average Bonchev–Trinajstić information content (AvgIpc) is 3.52. The van der Waals surface area contributed by atoms with Gasteiger partial charge in [0.2, 0.25) is 0 Å². The van der Waals surface area contributed by atoms with E-state index in [0.717, 1.165) is 32.9 Å². The fraction of sp³-hybridized carbons (Fsp3) is 0.231. The summed E-state index contributed by atoms with van der Waals surface area (Å²) < 4.78 is 13.6. The van der Waals surface area contributed by atoms with Gasteiger partial charge in [-0.05, 0) is 39.0 Å². The summed E-state index contributed by atoms with van der Waals surface area (Å²) in [6, 6.07) is 12.0. The maximum atomic E-state index is 5.87. The summed E-state index contributed by atoms with van der Waals surface area (Å²) in [5.41, 5.74) is 3.69. The zero-order chi connectivity index (χ0) is 24.2. The Hall–Kier alpha value is -3.98. The van der Waals surface area contributed by atoms with Crippen LogP contribution in [0.15, 0.2) is 60.5 Å². The molecule has 0 saturated heterocycles. The fourth-order valence-electron chi connectivity index (χ4n) is 3.82. The first-order valence-corrected chi connectivity index (χ1v) is 12.4. The largest absolute Gasteiger partial charge is 0.490 e. The third kappa shape index (κ3) is 5.09. The molecule has 0 atom stereocenters. The van der Waals surface area contributed by atoms with Crippen LogP contribution in [0.2, 0.25) is 0 Å². The molecule has 35 heavy (non-hydrogen) atoms. The van der Waals surface area contributed by atoms with Gasteiger partial charge in [0.05, 0.1) is 42.3 Å². The van der Waals surface area contributed by atoms with E-state index in [9.17, 15) is 0 Å². The van der Waals surface area contributed by atoms with Gasteiger partial charge in [-0.1, -0.05) is 12.1 Å². The highest BCUT2D eigenvalue weighted by atomic mass is 32.1. The number of hydrogen-bond donors (Lipinski definition) is 1. The number of anilines is 2. The monoisotopic (exact) mass is 486 g/mol. The summed E-state index contributed by atoms with van der Waals surface area (Å²) in [5.74, 6) is 2.69. The van der Waals surface area contributed by atoms with Gasteiger partial charge in [-0.25, -0.2) is 19.9 Å². The van der Waals surface area contributed by atoms with E-state index in [-0.39, 0.29) is 0 Å². The highest BCUT2D eigenvalue weighted by molar-refractivity contribution is 7.09. The molecule has 0 bridgehead atoms. The van der Waals surface area contributed by atoms with E-state index >= 15 is 0 Å². The van der Waals surface area contributed by atoms with Crippen molar-refractivity contribution in [1.29, 1.82) is 0 Å². The molecule has 1 N–H and O–H groups in total. The molecule has 0 unspecified atom stereocenters. The molecule has 0 spiro atoms. The quantitative estimate of drug-likeness (QED) is 0.280. The van der Waals surface area contributed by atoms with Gasteiger partial charge < -0.3 is 19.4 Å². The van der Waals surface area contributed by atoms with E-state index < -0.39 is 0 Å². The molecule has 0 amide bonds. The van der Waals surface area contributed by atoms with Crippen LogP contribution in [0.3, 0.4) is 0 Å². The minimum absolute atomic E-state index is 0.500. The number of fused-ring (bicyclic) bond motifs is 1. The Morgan fingerprint density at radius 1 is 1.00 bits per heavy atom. The number of nitrogens with one attached hydrogen (secondary N) is 1. The van der Waals surface area contributed by atoms with Crippen molar-refractivity contribution < 1.29 is 9.47 Å². The lowest BCUT2D eigenvalue weighted by Crippen LogP contribution is -2.07. The summed E-state index contributed by atoms with van der Waals surface area (Å²) >= 11 is 1.64. The van der Waals surface area contributed by atoms with Gasteiger partial charge in [0.1, 0.15) is 5.82 Å². The standard InChI is InChI=1S/C26H26N6O2S/c1-4-33-23-12-20-21(13-24(23)34-5-2)30-25(14-32-10-9-27-16-32)31-26(20)29-19-8-6-7-18(11-19)22-15-35-17(3)28-22/h6-13,15-16H,4-5,14H2,1-3H3,(H,29,30,31). The predicted molar refractivity (Wildman–Crippen MR) is 139 cm³/mol. The number of ether oxygens (including phenoxy) is 2. The average molecular weight is 487 g/mol. The number of aromatic nitrogens is 5. The summed E-state index contributed by atoms with van der Waals surface area (Å²) in [7, 11) is 0. The molecule has 8 nitrogen and oxygen atoms in total. The van der Waals surface area contributed by atoms with Crippen LogP contribution >= 0.6 is 11.3 Å². The van der Waals surface area contributed by atoms with E-state index in [1.54, 1.807) is 23.9 Å². The van der Waals surface area contributed by atoms with Crippen molar-refractivity contribution in [2.24, 2.45) is 0 Å². The van der Waals surface area contributed by atoms with Crippen LogP contribution in [0.4, 0.5) is 11.5 Å². The Balaban J connectivity index is 1.59. The summed E-state index contributed by atoms with van der Waals surface area (Å²) in [5, 5.41) is 7.47. The number of thiazole rings is 1. The lowest BCUT2D eigenvalue weighted by molar-refractivity contribution is 0.288. The maximum Gasteiger partial charge on any atom is 0.163 e. The van der Waals surface area contributed by atoms with Crippen LogP contribution in [-0.2, 0) is 6.54 Å². The van der Waals surface area contributed by atoms with Crippen molar-refractivity contribution in [3.63, 3.8) is 0 Å². The minimum atomic E-state index is 0.500. The second-order valence-corrected chi connectivity index (χ2v) is 8.93. The van der Waals surface area contributed by atoms with Gasteiger partial charge in [0, 0.05) is 40.5 Å². The SMILES string of the molecule is CCOc1cc2nc(Cn3ccnc3)nc(Nc3cccc(-c4csc(C)n4)c3)c2cc1OCC. The van der Waals surface area contributed by atoms with Gasteiger partial charge in [-0.3, -0.25) is 0 Å². The Morgan fingerprint density at radius 3 is 2.54 bits per heavy atom. The third-order valence-electron chi connectivity index (χ3n) is 5.33. The molecule has 0 radical (unpaired) electrons. The normalized spacial score (nSPS) is 11.1. The molecule has 2 aromatic carbocycles. The highest BCUT2D eigenvalue weighted by Gasteiger charge is 2.15. The number of hydrogen-bond acceptors (Lipinski definition) is 8. The van der Waals surface area contributed by atoms with Crippen molar-refractivity contribution in [3.8, 4) is 22.8 Å². The van der Waals surface area contributed by atoms with Crippen LogP contribution in [0.25, 0.3) is 22.2 Å². The van der Waals surface area contributed by atoms with Crippen LogP contribution in [-0.4, -0.2) is 37.7 Å². The topological polar surface area (TPSA) is 87.0 Å². The lowest BCUT2D eigenvalue weighted by atomic mass is 10.1. The Bertz CT molecular complexity index is 1450. The van der Waals surface area contributed by atoms with Gasteiger partial charge >= 0.3 is 0 Å². The molecule has 0 aliphatic rings. The summed E-state index contributed by atoms with van der Waals surface area (Å²) in [6.45, 7) is 7.48. The van der Waals surface area contributed by atoms with Crippen LogP contribution in [0.5, 0.6) is 11.5 Å². The molecule has 0 saturated carbocycles. The number of imidazole rings is 1. The molecule has 3 heterocycles. The molecule has 5 rings (SSSR count). The zero-order valence-corrected chi connectivity index (χ0v) is 20.7. The molecule has 9 heteroatoms. The molecule has 0 aliphatic carbocycles. The molecular formula is C26H26N6O2S. The van der Waals surface area contributed by atoms with E-state index in [2.05, 4.69) is 32.8 Å². The number of rotatable bonds is 9. The first-order chi connectivity index (χ1) is 17.1. The molecule has 0 fully saturated rings. The smallest absolute Gasteiger partial charge is 0.163 e. The zero-order valence-electron chi connectivity index (χ0n) is 19.9. The number of aryl methyl sites for hydroxylation is 1. The second kappa shape index (κ2) is 10.1. The first kappa shape index (κ1) is 22.8. The molecule has 0 aliphatic heterocycles. The molecule has 5 aromatic rings. The van der Waals surface area contributed by atoms with Crippen molar-refractivity contribution in [1.82, 2.24) is 24.5 Å². The molecule has 3 aromatic heterocycles. The van der Waals surface area contributed by atoms with Gasteiger partial charge in [0.25, 0.3) is 0 Å². The van der Waals surface area contributed by atoms with Crippen LogP contribution < -0.4 is 14.8 Å². The van der Waals surface area contributed by atoms with Crippen LogP contribution in [0, 0.1) is 6.92 Å². The number of nitrogens with zero attached hydrogens (tertiary/aromatic N) is 5. The van der Waals surface area contributed by atoms with E-state index in [4.69, 9.17) is 19.4 Å². The van der Waals surface area contributed by atoms with Gasteiger partial charge in [-0.15, -0.1) is 11.3 Å². The second-order valence-electron chi connectivity index (χ2n) is 7.86.